The van der Waals surface area contributed by atoms with E-state index in [9.17, 15) is 9.59 Å². The second-order valence-corrected chi connectivity index (χ2v) is 7.97. The van der Waals surface area contributed by atoms with Crippen LogP contribution in [-0.2, 0) is 9.59 Å². The number of nitrogens with one attached hydrogen (secondary N) is 2. The van der Waals surface area contributed by atoms with Gasteiger partial charge in [0.1, 0.15) is 0 Å². The van der Waals surface area contributed by atoms with Gasteiger partial charge < -0.3 is 10.6 Å². The molecule has 1 aromatic rings. The molecule has 2 amide bonds. The summed E-state index contributed by atoms with van der Waals surface area (Å²) in [4.78, 5) is 26.8. The lowest BCUT2D eigenvalue weighted by molar-refractivity contribution is -0.139. The van der Waals surface area contributed by atoms with Crippen LogP contribution in [0.3, 0.4) is 0 Å². The van der Waals surface area contributed by atoms with E-state index in [0.717, 1.165) is 38.8 Å². The lowest BCUT2D eigenvalue weighted by atomic mass is 10.1. The Hall–Kier alpha value is -1.40. The molecule has 0 radical (unpaired) electrons. The third-order valence-electron chi connectivity index (χ3n) is 5.36. The first-order valence-corrected chi connectivity index (χ1v) is 10.5. The topological polar surface area (TPSA) is 61.4 Å². The molecule has 3 rings (SSSR count). The first-order valence-electron chi connectivity index (χ1n) is 9.59. The van der Waals surface area contributed by atoms with Crippen molar-refractivity contribution in [3.8, 4) is 0 Å². The summed E-state index contributed by atoms with van der Waals surface area (Å²) >= 11 is 1.68. The van der Waals surface area contributed by atoms with E-state index in [1.54, 1.807) is 11.3 Å². The van der Waals surface area contributed by atoms with Gasteiger partial charge in [-0.25, -0.2) is 0 Å². The van der Waals surface area contributed by atoms with E-state index >= 15 is 0 Å². The minimum atomic E-state index is -0.498. The molecule has 0 spiro atoms. The fraction of sp³-hybridized carbons (Fsp3) is 0.684. The fourth-order valence-corrected chi connectivity index (χ4v) is 4.63. The molecule has 5 nitrogen and oxygen atoms in total. The first-order chi connectivity index (χ1) is 12.2. The molecule has 1 unspecified atom stereocenters. The van der Waals surface area contributed by atoms with Crippen LogP contribution in [0.5, 0.6) is 0 Å². The maximum absolute atomic E-state index is 12.2. The number of hydrogen-bond acceptors (Lipinski definition) is 4. The summed E-state index contributed by atoms with van der Waals surface area (Å²) in [6.07, 6.45) is 9.23. The Balaban J connectivity index is 1.56. The van der Waals surface area contributed by atoms with Crippen LogP contribution in [-0.4, -0.2) is 42.4 Å². The van der Waals surface area contributed by atoms with Gasteiger partial charge in [-0.15, -0.1) is 0 Å². The van der Waals surface area contributed by atoms with Gasteiger partial charge in [-0.2, -0.15) is 11.3 Å². The van der Waals surface area contributed by atoms with Gasteiger partial charge in [0.05, 0.1) is 6.04 Å². The van der Waals surface area contributed by atoms with Crippen molar-refractivity contribution in [3.05, 3.63) is 22.4 Å². The predicted molar refractivity (Wildman–Crippen MR) is 101 cm³/mol. The Bertz CT molecular complexity index is 547. The Morgan fingerprint density at radius 1 is 1.08 bits per heavy atom. The number of hydrogen-bond donors (Lipinski definition) is 2. The molecule has 2 heterocycles. The van der Waals surface area contributed by atoms with Gasteiger partial charge in [0.15, 0.2) is 0 Å². The average Bonchev–Trinajstić information content (AvgIpc) is 3.25. The zero-order chi connectivity index (χ0) is 17.5. The minimum Gasteiger partial charge on any atom is -0.346 e. The van der Waals surface area contributed by atoms with Gasteiger partial charge in [-0.05, 0) is 61.2 Å². The molecule has 0 aromatic carbocycles. The number of rotatable bonds is 5. The number of nitrogens with zero attached hydrogens (tertiary/aromatic N) is 1. The quantitative estimate of drug-likeness (QED) is 0.791. The molecule has 2 aliphatic rings. The number of carbonyl (C=O) groups excluding carboxylic acids is 2. The highest BCUT2D eigenvalue weighted by Crippen LogP contribution is 2.25. The van der Waals surface area contributed by atoms with Gasteiger partial charge in [0.25, 0.3) is 0 Å². The average molecular weight is 364 g/mol. The lowest BCUT2D eigenvalue weighted by Crippen LogP contribution is -2.46. The van der Waals surface area contributed by atoms with Crippen LogP contribution in [0.1, 0.15) is 63.0 Å². The summed E-state index contributed by atoms with van der Waals surface area (Å²) < 4.78 is 0. The lowest BCUT2D eigenvalue weighted by Gasteiger charge is -2.30. The maximum atomic E-state index is 12.2. The van der Waals surface area contributed by atoms with Crippen molar-refractivity contribution in [2.24, 2.45) is 0 Å². The van der Waals surface area contributed by atoms with Crippen molar-refractivity contribution in [3.63, 3.8) is 0 Å². The van der Waals surface area contributed by atoms with Crippen LogP contribution < -0.4 is 10.6 Å². The largest absolute Gasteiger partial charge is 0.346 e. The van der Waals surface area contributed by atoms with E-state index < -0.39 is 11.8 Å². The molecule has 2 fully saturated rings. The van der Waals surface area contributed by atoms with Crippen molar-refractivity contribution in [2.75, 3.05) is 19.6 Å². The summed E-state index contributed by atoms with van der Waals surface area (Å²) in [6, 6.07) is 2.47. The highest BCUT2D eigenvalue weighted by Gasteiger charge is 2.25. The molecule has 25 heavy (non-hydrogen) atoms. The second kappa shape index (κ2) is 9.34. The first kappa shape index (κ1) is 18.4. The van der Waals surface area contributed by atoms with Crippen LogP contribution >= 0.6 is 11.3 Å². The van der Waals surface area contributed by atoms with Crippen molar-refractivity contribution in [1.29, 1.82) is 0 Å². The molecule has 1 aliphatic heterocycles. The van der Waals surface area contributed by atoms with Crippen LogP contribution in [0.2, 0.25) is 0 Å². The molecule has 1 saturated carbocycles. The zero-order valence-corrected chi connectivity index (χ0v) is 15.7. The number of thiophene rings is 1. The molecule has 1 atom stereocenters. The van der Waals surface area contributed by atoms with E-state index in [0.29, 0.717) is 6.54 Å². The molecule has 138 valence electrons. The Labute approximate surface area is 154 Å². The van der Waals surface area contributed by atoms with Crippen LogP contribution in [0.4, 0.5) is 0 Å². The van der Waals surface area contributed by atoms with E-state index in [1.165, 1.54) is 31.2 Å². The van der Waals surface area contributed by atoms with Crippen LogP contribution in [0.25, 0.3) is 0 Å². The highest BCUT2D eigenvalue weighted by molar-refractivity contribution is 7.07. The van der Waals surface area contributed by atoms with Crippen molar-refractivity contribution < 1.29 is 9.59 Å². The van der Waals surface area contributed by atoms with E-state index in [2.05, 4.69) is 32.4 Å². The maximum Gasteiger partial charge on any atom is 0.309 e. The molecular weight excluding hydrogens is 334 g/mol. The summed E-state index contributed by atoms with van der Waals surface area (Å²) in [5, 5.41) is 9.97. The molecule has 2 N–H and O–H groups in total. The van der Waals surface area contributed by atoms with Crippen molar-refractivity contribution in [1.82, 2.24) is 15.5 Å². The van der Waals surface area contributed by atoms with Crippen LogP contribution in [0.15, 0.2) is 16.8 Å². The summed E-state index contributed by atoms with van der Waals surface area (Å²) in [5.74, 6) is -0.978. The number of likely N-dealkylation sites (tertiary alicyclic amines) is 1. The third-order valence-corrected chi connectivity index (χ3v) is 6.06. The van der Waals surface area contributed by atoms with Gasteiger partial charge in [0.2, 0.25) is 0 Å². The fourth-order valence-electron chi connectivity index (χ4n) is 3.92. The van der Waals surface area contributed by atoms with E-state index in [1.807, 2.05) is 0 Å². The smallest absolute Gasteiger partial charge is 0.309 e. The van der Waals surface area contributed by atoms with E-state index in [-0.39, 0.29) is 12.1 Å². The van der Waals surface area contributed by atoms with Gasteiger partial charge >= 0.3 is 11.8 Å². The zero-order valence-electron chi connectivity index (χ0n) is 14.8. The van der Waals surface area contributed by atoms with Gasteiger partial charge in [0, 0.05) is 12.6 Å². The Kier molecular flexibility index (Phi) is 6.87. The second-order valence-electron chi connectivity index (χ2n) is 7.19. The molecule has 6 heteroatoms. The normalized spacial score (nSPS) is 20.8. The Morgan fingerprint density at radius 2 is 1.80 bits per heavy atom. The van der Waals surface area contributed by atoms with E-state index in [4.69, 9.17) is 0 Å². The third kappa shape index (κ3) is 5.28. The number of amides is 2. The summed E-state index contributed by atoms with van der Waals surface area (Å²) in [5.41, 5.74) is 1.24. The molecule has 1 aliphatic carbocycles. The SMILES string of the molecule is O=C(NCC(c1ccsc1)N1CCCCCC1)C(=O)NC1CCCC1. The monoisotopic (exact) mass is 363 g/mol. The van der Waals surface area contributed by atoms with Crippen molar-refractivity contribution in [2.45, 2.75) is 63.5 Å². The molecule has 0 bridgehead atoms. The predicted octanol–water partition coefficient (Wildman–Crippen LogP) is 2.84. The minimum absolute atomic E-state index is 0.160. The van der Waals surface area contributed by atoms with Gasteiger partial charge in [-0.3, -0.25) is 14.5 Å². The molecular formula is C19H29N3O2S. The Morgan fingerprint density at radius 3 is 2.44 bits per heavy atom. The summed E-state index contributed by atoms with van der Waals surface area (Å²) in [7, 11) is 0. The number of carbonyl (C=O) groups is 2. The van der Waals surface area contributed by atoms with Crippen molar-refractivity contribution >= 4 is 23.2 Å². The molecule has 1 saturated heterocycles. The standard InChI is InChI=1S/C19H29N3O2S/c23-18(19(24)21-16-7-3-4-8-16)20-13-17(15-9-12-25-14-15)22-10-5-1-2-6-11-22/h9,12,14,16-17H,1-8,10-11,13H2,(H,20,23)(H,21,24). The van der Waals surface area contributed by atoms with Gasteiger partial charge in [-0.1, -0.05) is 25.7 Å². The molecule has 1 aromatic heterocycles. The summed E-state index contributed by atoms with van der Waals surface area (Å²) in [6.45, 7) is 2.61. The van der Waals surface area contributed by atoms with Crippen LogP contribution in [0, 0.1) is 0 Å². The highest BCUT2D eigenvalue weighted by atomic mass is 32.1.